The third kappa shape index (κ3) is 4.35. The Bertz CT molecular complexity index is 435. The second-order valence-corrected chi connectivity index (χ2v) is 5.14. The highest BCUT2D eigenvalue weighted by Crippen LogP contribution is 2.14. The Balaban J connectivity index is 2.08. The summed E-state index contributed by atoms with van der Waals surface area (Å²) in [5, 5.41) is 3.29. The van der Waals surface area contributed by atoms with Gasteiger partial charge in [0.25, 0.3) is 5.56 Å². The predicted octanol–water partition coefficient (Wildman–Crippen LogP) is 1.65. The molecule has 2 heterocycles. The summed E-state index contributed by atoms with van der Waals surface area (Å²) in [6, 6.07) is 1.59. The molecule has 0 bridgehead atoms. The number of hydrogen-bond donors (Lipinski definition) is 2. The van der Waals surface area contributed by atoms with E-state index < -0.39 is 0 Å². The zero-order chi connectivity index (χ0) is 13.5. The number of nitrogens with zero attached hydrogens (tertiary/aromatic N) is 2. The van der Waals surface area contributed by atoms with Crippen molar-refractivity contribution in [3.63, 3.8) is 0 Å². The summed E-state index contributed by atoms with van der Waals surface area (Å²) in [6.45, 7) is 5.73. The van der Waals surface area contributed by atoms with E-state index in [-0.39, 0.29) is 5.56 Å². The molecule has 1 aliphatic heterocycles. The van der Waals surface area contributed by atoms with Crippen molar-refractivity contribution in [2.45, 2.75) is 45.6 Å². The van der Waals surface area contributed by atoms with E-state index in [9.17, 15) is 4.79 Å². The highest BCUT2D eigenvalue weighted by molar-refractivity contribution is 5.30. The van der Waals surface area contributed by atoms with Gasteiger partial charge in [0.2, 0.25) is 5.95 Å². The maximum Gasteiger partial charge on any atom is 0.252 e. The average Bonchev–Trinajstić information content (AvgIpc) is 2.67. The van der Waals surface area contributed by atoms with Crippen molar-refractivity contribution in [3.05, 3.63) is 22.1 Å². The van der Waals surface area contributed by atoms with Gasteiger partial charge in [0.05, 0.1) is 5.69 Å². The number of nitrogens with one attached hydrogen (secondary N) is 2. The molecule has 0 amide bonds. The molecular weight excluding hydrogens is 240 g/mol. The van der Waals surface area contributed by atoms with Gasteiger partial charge in [-0.25, -0.2) is 4.98 Å². The van der Waals surface area contributed by atoms with Crippen molar-refractivity contribution >= 4 is 5.95 Å². The van der Waals surface area contributed by atoms with Gasteiger partial charge in [-0.05, 0) is 25.8 Å². The lowest BCUT2D eigenvalue weighted by molar-refractivity contribution is 0.658. The van der Waals surface area contributed by atoms with Crippen LogP contribution in [0.2, 0.25) is 0 Å². The topological polar surface area (TPSA) is 61.0 Å². The molecule has 2 N–H and O–H groups in total. The van der Waals surface area contributed by atoms with Gasteiger partial charge in [-0.2, -0.15) is 0 Å². The highest BCUT2D eigenvalue weighted by atomic mass is 16.1. The lowest BCUT2D eigenvalue weighted by Gasteiger charge is -2.21. The van der Waals surface area contributed by atoms with Crippen LogP contribution in [-0.2, 0) is 6.54 Å². The van der Waals surface area contributed by atoms with E-state index in [2.05, 4.69) is 27.1 Å². The van der Waals surface area contributed by atoms with Crippen LogP contribution >= 0.6 is 0 Å². The molecular formula is C14H24N4O. The maximum absolute atomic E-state index is 11.7. The molecule has 1 fully saturated rings. The van der Waals surface area contributed by atoms with Crippen LogP contribution in [0, 0.1) is 0 Å². The number of aromatic amines is 1. The van der Waals surface area contributed by atoms with Crippen molar-refractivity contribution < 1.29 is 0 Å². The number of H-pyrrole nitrogens is 1. The molecule has 5 nitrogen and oxygen atoms in total. The van der Waals surface area contributed by atoms with Crippen LogP contribution in [0.4, 0.5) is 5.95 Å². The van der Waals surface area contributed by atoms with Gasteiger partial charge >= 0.3 is 0 Å². The summed E-state index contributed by atoms with van der Waals surface area (Å²) in [4.78, 5) is 21.4. The quantitative estimate of drug-likeness (QED) is 0.794. The normalized spacial score (nSPS) is 16.4. The Labute approximate surface area is 114 Å². The molecule has 106 valence electrons. The van der Waals surface area contributed by atoms with Crippen LogP contribution in [0.1, 0.15) is 44.7 Å². The van der Waals surface area contributed by atoms with Crippen LogP contribution < -0.4 is 15.8 Å². The van der Waals surface area contributed by atoms with Gasteiger partial charge in [-0.3, -0.25) is 9.78 Å². The molecule has 0 aliphatic carbocycles. The van der Waals surface area contributed by atoms with E-state index >= 15 is 0 Å². The minimum absolute atomic E-state index is 0.0532. The first-order valence-corrected chi connectivity index (χ1v) is 7.35. The largest absolute Gasteiger partial charge is 0.342 e. The van der Waals surface area contributed by atoms with Crippen LogP contribution in [0.5, 0.6) is 0 Å². The molecule has 1 saturated heterocycles. The van der Waals surface area contributed by atoms with E-state index in [1.165, 1.54) is 25.7 Å². The Morgan fingerprint density at radius 1 is 1.32 bits per heavy atom. The van der Waals surface area contributed by atoms with Gasteiger partial charge < -0.3 is 10.2 Å². The molecule has 0 atom stereocenters. The van der Waals surface area contributed by atoms with Gasteiger partial charge in [-0.1, -0.05) is 19.8 Å². The van der Waals surface area contributed by atoms with Crippen LogP contribution in [0.25, 0.3) is 0 Å². The fourth-order valence-corrected chi connectivity index (χ4v) is 2.41. The average molecular weight is 264 g/mol. The van der Waals surface area contributed by atoms with Crippen molar-refractivity contribution in [2.24, 2.45) is 0 Å². The molecule has 0 unspecified atom stereocenters. The minimum Gasteiger partial charge on any atom is -0.342 e. The van der Waals surface area contributed by atoms with E-state index in [1.807, 2.05) is 0 Å². The second kappa shape index (κ2) is 7.28. The van der Waals surface area contributed by atoms with Crippen LogP contribution in [-0.4, -0.2) is 29.6 Å². The van der Waals surface area contributed by atoms with Gasteiger partial charge in [0, 0.05) is 25.7 Å². The van der Waals surface area contributed by atoms with Gasteiger partial charge in [0.1, 0.15) is 0 Å². The monoisotopic (exact) mass is 264 g/mol. The lowest BCUT2D eigenvalue weighted by atomic mass is 10.2. The molecule has 1 aliphatic rings. The van der Waals surface area contributed by atoms with Crippen LogP contribution in [0.3, 0.4) is 0 Å². The molecule has 0 aromatic carbocycles. The molecule has 19 heavy (non-hydrogen) atoms. The maximum atomic E-state index is 11.7. The van der Waals surface area contributed by atoms with E-state index in [0.29, 0.717) is 6.54 Å². The van der Waals surface area contributed by atoms with Crippen molar-refractivity contribution in [1.82, 2.24) is 15.3 Å². The number of aromatic nitrogens is 2. The number of rotatable bonds is 5. The fourth-order valence-electron chi connectivity index (χ4n) is 2.41. The SMILES string of the molecule is CCCNCc1cc(=O)[nH]c(N2CCCCCC2)n1. The summed E-state index contributed by atoms with van der Waals surface area (Å²) < 4.78 is 0. The van der Waals surface area contributed by atoms with E-state index in [4.69, 9.17) is 0 Å². The predicted molar refractivity (Wildman–Crippen MR) is 77.5 cm³/mol. The fraction of sp³-hybridized carbons (Fsp3) is 0.714. The van der Waals surface area contributed by atoms with Crippen LogP contribution in [0.15, 0.2) is 10.9 Å². The van der Waals surface area contributed by atoms with E-state index in [1.54, 1.807) is 6.07 Å². The lowest BCUT2D eigenvalue weighted by Crippen LogP contribution is -2.29. The first-order chi connectivity index (χ1) is 9.29. The van der Waals surface area contributed by atoms with Crippen molar-refractivity contribution in [3.8, 4) is 0 Å². The van der Waals surface area contributed by atoms with Crippen molar-refractivity contribution in [1.29, 1.82) is 0 Å². The smallest absolute Gasteiger partial charge is 0.252 e. The molecule has 0 saturated carbocycles. The Morgan fingerprint density at radius 2 is 2.05 bits per heavy atom. The van der Waals surface area contributed by atoms with Crippen molar-refractivity contribution in [2.75, 3.05) is 24.5 Å². The summed E-state index contributed by atoms with van der Waals surface area (Å²) in [6.07, 6.45) is 6.00. The third-order valence-electron chi connectivity index (χ3n) is 3.42. The molecule has 1 aromatic rings. The standard InChI is InChI=1S/C14H24N4O/c1-2-7-15-11-12-10-13(19)17-14(16-12)18-8-5-3-4-6-9-18/h10,15H,2-9,11H2,1H3,(H,16,17,19). The zero-order valence-corrected chi connectivity index (χ0v) is 11.7. The van der Waals surface area contributed by atoms with Gasteiger partial charge in [-0.15, -0.1) is 0 Å². The Kier molecular flexibility index (Phi) is 5.39. The van der Waals surface area contributed by atoms with E-state index in [0.717, 1.165) is 37.7 Å². The molecule has 5 heteroatoms. The second-order valence-electron chi connectivity index (χ2n) is 5.14. The first kappa shape index (κ1) is 14.1. The molecule has 0 radical (unpaired) electrons. The Hall–Kier alpha value is -1.36. The first-order valence-electron chi connectivity index (χ1n) is 7.35. The molecule has 2 rings (SSSR count). The minimum atomic E-state index is -0.0532. The number of anilines is 1. The Morgan fingerprint density at radius 3 is 2.74 bits per heavy atom. The molecule has 0 spiro atoms. The molecule has 1 aromatic heterocycles. The summed E-state index contributed by atoms with van der Waals surface area (Å²) in [5.41, 5.74) is 0.777. The summed E-state index contributed by atoms with van der Waals surface area (Å²) in [5.74, 6) is 0.739. The highest BCUT2D eigenvalue weighted by Gasteiger charge is 2.12. The van der Waals surface area contributed by atoms with Gasteiger partial charge in [0.15, 0.2) is 0 Å². The zero-order valence-electron chi connectivity index (χ0n) is 11.7. The number of hydrogen-bond acceptors (Lipinski definition) is 4. The summed E-state index contributed by atoms with van der Waals surface area (Å²) in [7, 11) is 0. The third-order valence-corrected chi connectivity index (χ3v) is 3.42. The summed E-state index contributed by atoms with van der Waals surface area (Å²) >= 11 is 0.